The molecule has 148 valence electrons. The van der Waals surface area contributed by atoms with Crippen molar-refractivity contribution in [2.24, 2.45) is 0 Å². The van der Waals surface area contributed by atoms with Gasteiger partial charge in [0.25, 0.3) is 5.91 Å². The van der Waals surface area contributed by atoms with Gasteiger partial charge in [-0.3, -0.25) is 9.78 Å². The van der Waals surface area contributed by atoms with Crippen LogP contribution in [-0.2, 0) is 13.0 Å². The van der Waals surface area contributed by atoms with Gasteiger partial charge in [-0.25, -0.2) is 9.97 Å². The van der Waals surface area contributed by atoms with Gasteiger partial charge in [-0.2, -0.15) is 0 Å². The average Bonchev–Trinajstić information content (AvgIpc) is 3.11. The number of carbonyl (C=O) groups is 1. The predicted octanol–water partition coefficient (Wildman–Crippen LogP) is 2.86. The number of amides is 1. The Morgan fingerprint density at radius 2 is 2.10 bits per heavy atom. The van der Waals surface area contributed by atoms with Crippen molar-refractivity contribution >= 4 is 11.7 Å². The number of ether oxygens (including phenoxy) is 1. The van der Waals surface area contributed by atoms with E-state index in [1.807, 2.05) is 56.3 Å². The average molecular weight is 389 g/mol. The van der Waals surface area contributed by atoms with Gasteiger partial charge >= 0.3 is 0 Å². The molecular formula is C22H23N5O2. The third-order valence-corrected chi connectivity index (χ3v) is 4.73. The molecule has 0 aliphatic carbocycles. The molecule has 0 saturated heterocycles. The molecule has 1 atom stereocenters. The lowest BCUT2D eigenvalue weighted by Crippen LogP contribution is -2.24. The van der Waals surface area contributed by atoms with Crippen LogP contribution in [0.2, 0.25) is 0 Å². The van der Waals surface area contributed by atoms with Gasteiger partial charge in [-0.15, -0.1) is 0 Å². The van der Waals surface area contributed by atoms with E-state index < -0.39 is 0 Å². The molecule has 1 amide bonds. The largest absolute Gasteiger partial charge is 0.490 e. The summed E-state index contributed by atoms with van der Waals surface area (Å²) in [5.41, 5.74) is 3.25. The number of aromatic nitrogens is 3. The normalized spacial score (nSPS) is 14.8. The monoisotopic (exact) mass is 389 g/mol. The molecule has 7 nitrogen and oxygen atoms in total. The molecule has 2 aromatic heterocycles. The molecule has 0 saturated carbocycles. The first-order valence-electron chi connectivity index (χ1n) is 9.53. The summed E-state index contributed by atoms with van der Waals surface area (Å²) in [6.45, 7) is 2.33. The fraction of sp³-hybridized carbons (Fsp3) is 0.273. The Morgan fingerprint density at radius 3 is 2.86 bits per heavy atom. The Bertz CT molecular complexity index is 1040. The number of anilines is 1. The van der Waals surface area contributed by atoms with E-state index in [-0.39, 0.29) is 12.0 Å². The predicted molar refractivity (Wildman–Crippen MR) is 111 cm³/mol. The summed E-state index contributed by atoms with van der Waals surface area (Å²) in [5.74, 6) is 2.07. The van der Waals surface area contributed by atoms with Gasteiger partial charge in [0, 0.05) is 50.1 Å². The molecule has 0 bridgehead atoms. The van der Waals surface area contributed by atoms with Crippen LogP contribution < -0.4 is 15.0 Å². The van der Waals surface area contributed by atoms with E-state index in [0.717, 1.165) is 34.8 Å². The van der Waals surface area contributed by atoms with Crippen LogP contribution in [0.25, 0.3) is 11.4 Å². The third kappa shape index (κ3) is 4.18. The summed E-state index contributed by atoms with van der Waals surface area (Å²) in [6, 6.07) is 11.2. The van der Waals surface area contributed by atoms with Crippen LogP contribution in [0.4, 0.5) is 5.82 Å². The van der Waals surface area contributed by atoms with Gasteiger partial charge in [-0.1, -0.05) is 0 Å². The first kappa shape index (κ1) is 18.9. The van der Waals surface area contributed by atoms with Gasteiger partial charge in [0.2, 0.25) is 0 Å². The van der Waals surface area contributed by atoms with Crippen LogP contribution >= 0.6 is 0 Å². The maximum absolute atomic E-state index is 12.7. The van der Waals surface area contributed by atoms with E-state index in [4.69, 9.17) is 4.74 Å². The molecule has 0 radical (unpaired) electrons. The summed E-state index contributed by atoms with van der Waals surface area (Å²) >= 11 is 0. The molecule has 1 aliphatic heterocycles. The molecular weight excluding hydrogens is 366 g/mol. The lowest BCUT2D eigenvalue weighted by molar-refractivity contribution is 0.0950. The molecule has 3 heterocycles. The Balaban J connectivity index is 1.53. The highest BCUT2D eigenvalue weighted by molar-refractivity contribution is 5.94. The standard InChI is InChI=1S/C22H23N5O2/c1-14-9-17-10-15(6-7-19(17)29-14)22(28)24-13-18-11-20(27(2)3)26-21(25-18)16-5-4-8-23-12-16/h4-8,10-12,14H,9,13H2,1-3H3,(H,24,28)/t14-/m1/s1. The van der Waals surface area contributed by atoms with Crippen LogP contribution in [0.3, 0.4) is 0 Å². The van der Waals surface area contributed by atoms with Crippen LogP contribution in [0.15, 0.2) is 48.8 Å². The second-order valence-corrected chi connectivity index (χ2v) is 7.31. The van der Waals surface area contributed by atoms with E-state index >= 15 is 0 Å². The van der Waals surface area contributed by atoms with Crippen molar-refractivity contribution in [3.8, 4) is 17.1 Å². The fourth-order valence-corrected chi connectivity index (χ4v) is 3.26. The topological polar surface area (TPSA) is 80.2 Å². The molecule has 4 rings (SSSR count). The Kier molecular flexibility index (Phi) is 5.12. The van der Waals surface area contributed by atoms with E-state index in [0.29, 0.717) is 17.9 Å². The van der Waals surface area contributed by atoms with Crippen molar-refractivity contribution in [2.75, 3.05) is 19.0 Å². The minimum absolute atomic E-state index is 0.139. The molecule has 0 unspecified atom stereocenters. The van der Waals surface area contributed by atoms with Crippen LogP contribution in [0.1, 0.15) is 28.5 Å². The second-order valence-electron chi connectivity index (χ2n) is 7.31. The molecule has 29 heavy (non-hydrogen) atoms. The number of carbonyl (C=O) groups excluding carboxylic acids is 1. The molecule has 1 aromatic carbocycles. The number of pyridine rings is 1. The van der Waals surface area contributed by atoms with E-state index in [9.17, 15) is 4.79 Å². The fourth-order valence-electron chi connectivity index (χ4n) is 3.26. The number of nitrogens with zero attached hydrogens (tertiary/aromatic N) is 4. The lowest BCUT2D eigenvalue weighted by Gasteiger charge is -2.14. The van der Waals surface area contributed by atoms with Gasteiger partial charge < -0.3 is 15.0 Å². The van der Waals surface area contributed by atoms with E-state index in [1.165, 1.54) is 0 Å². The maximum Gasteiger partial charge on any atom is 0.251 e. The van der Waals surface area contributed by atoms with Crippen molar-refractivity contribution in [3.63, 3.8) is 0 Å². The van der Waals surface area contributed by atoms with Crippen molar-refractivity contribution in [2.45, 2.75) is 26.0 Å². The lowest BCUT2D eigenvalue weighted by atomic mass is 10.1. The SMILES string of the molecule is C[C@@H]1Cc2cc(C(=O)NCc3cc(N(C)C)nc(-c4cccnc4)n3)ccc2O1. The van der Waals surface area contributed by atoms with E-state index in [1.54, 1.807) is 18.5 Å². The van der Waals surface area contributed by atoms with Gasteiger partial charge in [0.1, 0.15) is 17.7 Å². The van der Waals surface area contributed by atoms with Crippen molar-refractivity contribution in [1.29, 1.82) is 0 Å². The van der Waals surface area contributed by atoms with Gasteiger partial charge in [-0.05, 0) is 42.8 Å². The highest BCUT2D eigenvalue weighted by Crippen LogP contribution is 2.29. The number of benzene rings is 1. The van der Waals surface area contributed by atoms with Gasteiger partial charge in [0.15, 0.2) is 5.82 Å². The van der Waals surface area contributed by atoms with Crippen LogP contribution in [0, 0.1) is 0 Å². The highest BCUT2D eigenvalue weighted by Gasteiger charge is 2.20. The maximum atomic E-state index is 12.7. The number of fused-ring (bicyclic) bond motifs is 1. The number of hydrogen-bond donors (Lipinski definition) is 1. The van der Waals surface area contributed by atoms with Gasteiger partial charge in [0.05, 0.1) is 12.2 Å². The second kappa shape index (κ2) is 7.87. The summed E-state index contributed by atoms with van der Waals surface area (Å²) < 4.78 is 5.70. The highest BCUT2D eigenvalue weighted by atomic mass is 16.5. The minimum atomic E-state index is -0.139. The molecule has 1 aliphatic rings. The molecule has 1 N–H and O–H groups in total. The Hall–Kier alpha value is -3.48. The van der Waals surface area contributed by atoms with E-state index in [2.05, 4.69) is 20.3 Å². The van der Waals surface area contributed by atoms with Crippen LogP contribution in [0.5, 0.6) is 5.75 Å². The minimum Gasteiger partial charge on any atom is -0.490 e. The third-order valence-electron chi connectivity index (χ3n) is 4.73. The summed E-state index contributed by atoms with van der Waals surface area (Å²) in [6.07, 6.45) is 4.41. The summed E-state index contributed by atoms with van der Waals surface area (Å²) in [4.78, 5) is 27.9. The number of hydrogen-bond acceptors (Lipinski definition) is 6. The number of nitrogens with one attached hydrogen (secondary N) is 1. The Labute approximate surface area is 169 Å². The smallest absolute Gasteiger partial charge is 0.251 e. The summed E-state index contributed by atoms with van der Waals surface area (Å²) in [5, 5.41) is 2.96. The molecule has 0 spiro atoms. The quantitative estimate of drug-likeness (QED) is 0.723. The van der Waals surface area contributed by atoms with Crippen molar-refractivity contribution in [3.05, 3.63) is 65.6 Å². The zero-order chi connectivity index (χ0) is 20.4. The molecule has 3 aromatic rings. The number of rotatable bonds is 5. The van der Waals surface area contributed by atoms with Crippen LogP contribution in [-0.4, -0.2) is 41.1 Å². The first-order chi connectivity index (χ1) is 14.0. The van der Waals surface area contributed by atoms with Crippen molar-refractivity contribution in [1.82, 2.24) is 20.3 Å². The summed E-state index contributed by atoms with van der Waals surface area (Å²) in [7, 11) is 3.84. The zero-order valence-corrected chi connectivity index (χ0v) is 16.7. The Morgan fingerprint density at radius 1 is 1.24 bits per heavy atom. The van der Waals surface area contributed by atoms with Crippen molar-refractivity contribution < 1.29 is 9.53 Å². The first-order valence-corrected chi connectivity index (χ1v) is 9.53. The molecule has 0 fully saturated rings. The molecule has 7 heteroatoms. The zero-order valence-electron chi connectivity index (χ0n) is 16.7.